The standard InChI is InChI=1S/C10H7ClF3N5/c11-7-2-1-6-9(16-7)8(18-17-6)5-3-15-19(4-5)10(12,13)14/h1-2,4,15H,3H2,(H,17,18). The number of hydrazine groups is 1. The molecular formula is C10H7ClF3N5. The summed E-state index contributed by atoms with van der Waals surface area (Å²) in [4.78, 5) is 4.07. The number of aromatic amines is 1. The van der Waals surface area contributed by atoms with Crippen LogP contribution in [0.5, 0.6) is 0 Å². The van der Waals surface area contributed by atoms with Crippen LogP contribution in [0.3, 0.4) is 0 Å². The maximum atomic E-state index is 12.5. The maximum absolute atomic E-state index is 12.5. The molecule has 3 rings (SSSR count). The van der Waals surface area contributed by atoms with Crippen molar-refractivity contribution < 1.29 is 13.2 Å². The second kappa shape index (κ2) is 4.10. The summed E-state index contributed by atoms with van der Waals surface area (Å²) in [5.74, 6) is 0. The van der Waals surface area contributed by atoms with Gasteiger partial charge in [-0.2, -0.15) is 5.10 Å². The van der Waals surface area contributed by atoms with Gasteiger partial charge in [0.15, 0.2) is 0 Å². The van der Waals surface area contributed by atoms with Gasteiger partial charge in [0.05, 0.1) is 5.52 Å². The van der Waals surface area contributed by atoms with E-state index < -0.39 is 6.30 Å². The number of H-pyrrole nitrogens is 1. The highest BCUT2D eigenvalue weighted by Crippen LogP contribution is 2.29. The highest BCUT2D eigenvalue weighted by Gasteiger charge is 2.38. The molecule has 0 saturated carbocycles. The first-order valence-corrected chi connectivity index (χ1v) is 5.64. The number of nitrogens with one attached hydrogen (secondary N) is 2. The molecule has 1 aliphatic heterocycles. The van der Waals surface area contributed by atoms with Crippen LogP contribution in [0.1, 0.15) is 5.69 Å². The van der Waals surface area contributed by atoms with E-state index in [2.05, 4.69) is 20.6 Å². The zero-order valence-electron chi connectivity index (χ0n) is 9.29. The molecule has 0 unspecified atom stereocenters. The van der Waals surface area contributed by atoms with Gasteiger partial charge in [0.2, 0.25) is 0 Å². The van der Waals surface area contributed by atoms with E-state index in [4.69, 9.17) is 11.6 Å². The molecule has 100 valence electrons. The Morgan fingerprint density at radius 2 is 2.11 bits per heavy atom. The van der Waals surface area contributed by atoms with Crippen molar-refractivity contribution in [1.82, 2.24) is 25.6 Å². The number of hydrogen-bond acceptors (Lipinski definition) is 4. The number of pyridine rings is 1. The van der Waals surface area contributed by atoms with Crippen LogP contribution in [0.4, 0.5) is 13.2 Å². The van der Waals surface area contributed by atoms with E-state index in [1.807, 2.05) is 0 Å². The van der Waals surface area contributed by atoms with Crippen LogP contribution in [-0.4, -0.2) is 33.0 Å². The van der Waals surface area contributed by atoms with Gasteiger partial charge < -0.3 is 0 Å². The SMILES string of the molecule is FC(F)(F)N1C=C(c2n[nH]c3ccc(Cl)nc23)CN1. The average Bonchev–Trinajstić information content (AvgIpc) is 2.92. The van der Waals surface area contributed by atoms with Crippen molar-refractivity contribution in [2.75, 3.05) is 6.54 Å². The Bertz CT molecular complexity index is 663. The largest absolute Gasteiger partial charge is 0.498 e. The van der Waals surface area contributed by atoms with Crippen LogP contribution in [0.15, 0.2) is 18.3 Å². The fourth-order valence-corrected chi connectivity index (χ4v) is 1.97. The first kappa shape index (κ1) is 12.2. The summed E-state index contributed by atoms with van der Waals surface area (Å²) >= 11 is 5.78. The Morgan fingerprint density at radius 1 is 1.32 bits per heavy atom. The lowest BCUT2D eigenvalue weighted by molar-refractivity contribution is -0.240. The lowest BCUT2D eigenvalue weighted by Crippen LogP contribution is -2.40. The van der Waals surface area contributed by atoms with E-state index >= 15 is 0 Å². The molecule has 0 spiro atoms. The minimum atomic E-state index is -4.47. The number of rotatable bonds is 1. The normalized spacial score (nSPS) is 16.2. The lowest BCUT2D eigenvalue weighted by Gasteiger charge is -2.18. The molecule has 0 aliphatic carbocycles. The Morgan fingerprint density at radius 3 is 2.79 bits per heavy atom. The molecule has 2 N–H and O–H groups in total. The molecule has 2 aromatic rings. The highest BCUT2D eigenvalue weighted by atomic mass is 35.5. The fourth-order valence-electron chi connectivity index (χ4n) is 1.82. The second-order valence-electron chi connectivity index (χ2n) is 3.93. The van der Waals surface area contributed by atoms with Crippen molar-refractivity contribution in [3.8, 4) is 0 Å². The molecule has 0 fully saturated rings. The van der Waals surface area contributed by atoms with E-state index in [9.17, 15) is 13.2 Å². The Kier molecular flexibility index (Phi) is 2.64. The molecule has 3 heterocycles. The van der Waals surface area contributed by atoms with Gasteiger partial charge in [0, 0.05) is 18.3 Å². The number of fused-ring (bicyclic) bond motifs is 1. The van der Waals surface area contributed by atoms with Gasteiger partial charge in [-0.05, 0) is 12.1 Å². The van der Waals surface area contributed by atoms with Gasteiger partial charge in [-0.3, -0.25) is 5.10 Å². The van der Waals surface area contributed by atoms with E-state index in [0.29, 0.717) is 22.3 Å². The van der Waals surface area contributed by atoms with Crippen molar-refractivity contribution in [2.24, 2.45) is 0 Å². The molecule has 0 bridgehead atoms. The predicted molar refractivity (Wildman–Crippen MR) is 62.8 cm³/mol. The van der Waals surface area contributed by atoms with Crippen molar-refractivity contribution in [2.45, 2.75) is 6.30 Å². The van der Waals surface area contributed by atoms with Gasteiger partial charge in [-0.1, -0.05) is 11.6 Å². The van der Waals surface area contributed by atoms with Gasteiger partial charge in [0.25, 0.3) is 0 Å². The minimum absolute atomic E-state index is 0.0215. The number of hydrogen-bond donors (Lipinski definition) is 2. The third-order valence-electron chi connectivity index (χ3n) is 2.68. The smallest absolute Gasteiger partial charge is 0.276 e. The summed E-state index contributed by atoms with van der Waals surface area (Å²) in [6, 6.07) is 3.25. The zero-order chi connectivity index (χ0) is 13.6. The summed E-state index contributed by atoms with van der Waals surface area (Å²) in [5.41, 5.74) is 4.03. The van der Waals surface area contributed by atoms with Crippen LogP contribution in [-0.2, 0) is 0 Å². The quantitative estimate of drug-likeness (QED) is 0.625. The first-order valence-electron chi connectivity index (χ1n) is 5.26. The van der Waals surface area contributed by atoms with Crippen molar-refractivity contribution in [1.29, 1.82) is 0 Å². The fraction of sp³-hybridized carbons (Fsp3) is 0.200. The zero-order valence-corrected chi connectivity index (χ0v) is 10.0. The van der Waals surface area contributed by atoms with E-state index in [1.54, 1.807) is 12.1 Å². The van der Waals surface area contributed by atoms with Crippen LogP contribution in [0, 0.1) is 0 Å². The number of alkyl halides is 3. The Hall–Kier alpha value is -1.80. The van der Waals surface area contributed by atoms with Crippen molar-refractivity contribution in [3.63, 3.8) is 0 Å². The topological polar surface area (TPSA) is 56.8 Å². The summed E-state index contributed by atoms with van der Waals surface area (Å²) < 4.78 is 37.5. The van der Waals surface area contributed by atoms with Crippen molar-refractivity contribution in [3.05, 3.63) is 29.2 Å². The number of halogens is 4. The summed E-state index contributed by atoms with van der Waals surface area (Å²) in [6.07, 6.45) is -3.52. The molecule has 5 nitrogen and oxygen atoms in total. The highest BCUT2D eigenvalue weighted by molar-refractivity contribution is 6.29. The number of nitrogens with zero attached hydrogens (tertiary/aromatic N) is 3. The predicted octanol–water partition coefficient (Wildman–Crippen LogP) is 2.29. The molecule has 19 heavy (non-hydrogen) atoms. The van der Waals surface area contributed by atoms with Crippen LogP contribution < -0.4 is 5.43 Å². The third-order valence-corrected chi connectivity index (χ3v) is 2.89. The Labute approximate surface area is 110 Å². The van der Waals surface area contributed by atoms with E-state index in [0.717, 1.165) is 6.20 Å². The maximum Gasteiger partial charge on any atom is 0.498 e. The molecule has 0 atom stereocenters. The molecule has 2 aromatic heterocycles. The first-order chi connectivity index (χ1) is 8.95. The van der Waals surface area contributed by atoms with Gasteiger partial charge in [0.1, 0.15) is 16.4 Å². The number of aromatic nitrogens is 3. The Balaban J connectivity index is 2.04. The van der Waals surface area contributed by atoms with Crippen LogP contribution >= 0.6 is 11.6 Å². The molecular weight excluding hydrogens is 283 g/mol. The average molecular weight is 290 g/mol. The third kappa shape index (κ3) is 2.13. The van der Waals surface area contributed by atoms with Gasteiger partial charge in [-0.15, -0.1) is 13.2 Å². The molecule has 0 radical (unpaired) electrons. The summed E-state index contributed by atoms with van der Waals surface area (Å²) in [5, 5.41) is 7.04. The van der Waals surface area contributed by atoms with Gasteiger partial charge in [-0.25, -0.2) is 15.4 Å². The lowest BCUT2D eigenvalue weighted by atomic mass is 10.2. The summed E-state index contributed by atoms with van der Waals surface area (Å²) in [7, 11) is 0. The molecule has 0 aromatic carbocycles. The minimum Gasteiger partial charge on any atom is -0.276 e. The molecule has 9 heteroatoms. The van der Waals surface area contributed by atoms with Crippen molar-refractivity contribution >= 4 is 28.2 Å². The van der Waals surface area contributed by atoms with E-state index in [1.165, 1.54) is 0 Å². The second-order valence-corrected chi connectivity index (χ2v) is 4.32. The van der Waals surface area contributed by atoms with E-state index in [-0.39, 0.29) is 16.7 Å². The molecule has 0 amide bonds. The summed E-state index contributed by atoms with van der Waals surface area (Å²) in [6.45, 7) is 0.0215. The molecule has 1 aliphatic rings. The van der Waals surface area contributed by atoms with Crippen LogP contribution in [0.2, 0.25) is 5.15 Å². The van der Waals surface area contributed by atoms with Crippen LogP contribution in [0.25, 0.3) is 16.6 Å². The molecule has 0 saturated heterocycles. The van der Waals surface area contributed by atoms with Gasteiger partial charge >= 0.3 is 6.30 Å². The monoisotopic (exact) mass is 289 g/mol.